The zero-order valence-electron chi connectivity index (χ0n) is 19.1. The van der Waals surface area contributed by atoms with Gasteiger partial charge in [-0.25, -0.2) is 4.79 Å². The molecule has 1 amide bonds. The molecule has 1 fully saturated rings. The summed E-state index contributed by atoms with van der Waals surface area (Å²) in [5.74, 6) is 0.414. The fourth-order valence-corrected chi connectivity index (χ4v) is 3.77. The molecule has 0 aliphatic heterocycles. The Balaban J connectivity index is 2.36. The van der Waals surface area contributed by atoms with Gasteiger partial charge in [-0.05, 0) is 31.6 Å². The van der Waals surface area contributed by atoms with Crippen molar-refractivity contribution in [1.29, 1.82) is 0 Å². The van der Waals surface area contributed by atoms with Crippen LogP contribution < -0.4 is 21.9 Å². The second kappa shape index (κ2) is 11.3. The molecular formula is C22H39N5O3. The number of aromatic nitrogens is 2. The van der Waals surface area contributed by atoms with Gasteiger partial charge in [-0.15, -0.1) is 0 Å². The van der Waals surface area contributed by atoms with E-state index < -0.39 is 11.2 Å². The molecule has 1 heterocycles. The average molecular weight is 422 g/mol. The van der Waals surface area contributed by atoms with E-state index in [1.807, 2.05) is 6.92 Å². The summed E-state index contributed by atoms with van der Waals surface area (Å²) in [6.07, 6.45) is 6.62. The highest BCUT2D eigenvalue weighted by molar-refractivity contribution is 5.96. The lowest BCUT2D eigenvalue weighted by Gasteiger charge is -2.29. The standard InChI is InChI=1S/C22H39N5O3/c1-5-7-9-13-26(18(28)15-25(14-16(3)4)17-10-11-17)19-20(23)27(12-8-6-2)22(30)24-21(19)29/h16-17H,5-15,23H2,1-4H3,(H,24,29,30). The predicted molar refractivity (Wildman–Crippen MR) is 122 cm³/mol. The first-order chi connectivity index (χ1) is 14.3. The summed E-state index contributed by atoms with van der Waals surface area (Å²) in [7, 11) is 0. The Bertz CT molecular complexity index is 810. The number of amides is 1. The molecule has 0 bridgehead atoms. The van der Waals surface area contributed by atoms with E-state index in [2.05, 4.69) is 30.7 Å². The van der Waals surface area contributed by atoms with Gasteiger partial charge in [0.05, 0.1) is 6.54 Å². The Kier molecular flexibility index (Phi) is 9.14. The second-order valence-corrected chi connectivity index (χ2v) is 8.81. The minimum Gasteiger partial charge on any atom is -0.383 e. The number of hydrogen-bond donors (Lipinski definition) is 2. The molecule has 1 aliphatic carbocycles. The Labute approximate surface area is 179 Å². The fraction of sp³-hybridized carbons (Fsp3) is 0.773. The molecule has 0 unspecified atom stereocenters. The number of nitrogen functional groups attached to an aromatic ring is 1. The van der Waals surface area contributed by atoms with E-state index in [0.717, 1.165) is 51.5 Å². The molecule has 8 nitrogen and oxygen atoms in total. The fourth-order valence-electron chi connectivity index (χ4n) is 3.77. The van der Waals surface area contributed by atoms with Crippen molar-refractivity contribution in [2.24, 2.45) is 5.92 Å². The first kappa shape index (κ1) is 24.2. The maximum atomic E-state index is 13.4. The number of nitrogens with two attached hydrogens (primary N) is 1. The van der Waals surface area contributed by atoms with Gasteiger partial charge in [-0.1, -0.05) is 47.0 Å². The number of rotatable bonds is 13. The van der Waals surface area contributed by atoms with E-state index in [9.17, 15) is 14.4 Å². The van der Waals surface area contributed by atoms with Crippen molar-refractivity contribution in [2.75, 3.05) is 30.3 Å². The van der Waals surface area contributed by atoms with Gasteiger partial charge in [0.1, 0.15) is 5.82 Å². The minimum absolute atomic E-state index is 0.0869. The third kappa shape index (κ3) is 6.45. The Morgan fingerprint density at radius 3 is 2.40 bits per heavy atom. The zero-order chi connectivity index (χ0) is 22.3. The van der Waals surface area contributed by atoms with E-state index in [-0.39, 0.29) is 24.0 Å². The predicted octanol–water partition coefficient (Wildman–Crippen LogP) is 2.56. The lowest BCUT2D eigenvalue weighted by Crippen LogP contribution is -2.46. The summed E-state index contributed by atoms with van der Waals surface area (Å²) in [6, 6.07) is 0.447. The molecule has 0 saturated heterocycles. The molecule has 30 heavy (non-hydrogen) atoms. The van der Waals surface area contributed by atoms with Crippen LogP contribution in [0.5, 0.6) is 0 Å². The lowest BCUT2D eigenvalue weighted by atomic mass is 10.2. The molecule has 1 aromatic rings. The number of nitrogens with one attached hydrogen (secondary N) is 1. The van der Waals surface area contributed by atoms with Crippen molar-refractivity contribution >= 4 is 17.4 Å². The summed E-state index contributed by atoms with van der Waals surface area (Å²) in [5, 5.41) is 0. The Morgan fingerprint density at radius 2 is 1.83 bits per heavy atom. The van der Waals surface area contributed by atoms with Gasteiger partial charge in [0, 0.05) is 25.7 Å². The lowest BCUT2D eigenvalue weighted by molar-refractivity contribution is -0.120. The highest BCUT2D eigenvalue weighted by atomic mass is 16.2. The van der Waals surface area contributed by atoms with Gasteiger partial charge >= 0.3 is 5.69 Å². The van der Waals surface area contributed by atoms with E-state index in [4.69, 9.17) is 5.73 Å². The van der Waals surface area contributed by atoms with Crippen LogP contribution >= 0.6 is 0 Å². The van der Waals surface area contributed by atoms with Gasteiger partial charge < -0.3 is 10.6 Å². The Hall–Kier alpha value is -2.09. The number of unbranched alkanes of at least 4 members (excludes halogenated alkanes) is 3. The first-order valence-corrected chi connectivity index (χ1v) is 11.5. The van der Waals surface area contributed by atoms with Crippen LogP contribution in [0, 0.1) is 5.92 Å². The SMILES string of the molecule is CCCCCN(C(=O)CN(CC(C)C)C1CC1)c1c(N)n(CCCC)c(=O)[nH]c1=O. The molecular weight excluding hydrogens is 382 g/mol. The number of nitrogens with zero attached hydrogens (tertiary/aromatic N) is 3. The number of hydrogen-bond acceptors (Lipinski definition) is 5. The normalized spacial score (nSPS) is 13.9. The zero-order valence-corrected chi connectivity index (χ0v) is 19.1. The molecule has 170 valence electrons. The molecule has 0 spiro atoms. The molecule has 0 radical (unpaired) electrons. The largest absolute Gasteiger partial charge is 0.383 e. The molecule has 8 heteroatoms. The molecule has 0 aromatic carbocycles. The minimum atomic E-state index is -0.586. The molecule has 1 aliphatic rings. The van der Waals surface area contributed by atoms with Crippen LogP contribution in [0.4, 0.5) is 11.5 Å². The van der Waals surface area contributed by atoms with Gasteiger partial charge in [0.15, 0.2) is 5.69 Å². The highest BCUT2D eigenvalue weighted by Gasteiger charge is 2.33. The maximum Gasteiger partial charge on any atom is 0.330 e. The molecule has 0 atom stereocenters. The van der Waals surface area contributed by atoms with E-state index in [0.29, 0.717) is 25.0 Å². The number of aromatic amines is 1. The number of carbonyl (C=O) groups excluding carboxylic acids is 1. The Morgan fingerprint density at radius 1 is 1.17 bits per heavy atom. The number of anilines is 2. The van der Waals surface area contributed by atoms with Crippen molar-refractivity contribution in [3.8, 4) is 0 Å². The maximum absolute atomic E-state index is 13.4. The molecule has 1 saturated carbocycles. The van der Waals surface area contributed by atoms with Crippen molar-refractivity contribution < 1.29 is 4.79 Å². The third-order valence-electron chi connectivity index (χ3n) is 5.51. The van der Waals surface area contributed by atoms with E-state index in [1.54, 1.807) is 0 Å². The smallest absolute Gasteiger partial charge is 0.330 e. The van der Waals surface area contributed by atoms with Crippen LogP contribution in [0.2, 0.25) is 0 Å². The van der Waals surface area contributed by atoms with Crippen LogP contribution in [-0.2, 0) is 11.3 Å². The van der Waals surface area contributed by atoms with Gasteiger partial charge in [-0.3, -0.25) is 24.0 Å². The average Bonchev–Trinajstić information content (AvgIpc) is 3.50. The van der Waals surface area contributed by atoms with Crippen molar-refractivity contribution in [2.45, 2.75) is 85.2 Å². The summed E-state index contributed by atoms with van der Waals surface area (Å²) < 4.78 is 1.38. The van der Waals surface area contributed by atoms with Crippen LogP contribution in [-0.4, -0.2) is 46.0 Å². The van der Waals surface area contributed by atoms with Crippen LogP contribution in [0.3, 0.4) is 0 Å². The van der Waals surface area contributed by atoms with E-state index in [1.165, 1.54) is 9.47 Å². The topological polar surface area (TPSA) is 104 Å². The third-order valence-corrected chi connectivity index (χ3v) is 5.51. The van der Waals surface area contributed by atoms with Crippen molar-refractivity contribution in [3.05, 3.63) is 20.8 Å². The molecule has 3 N–H and O–H groups in total. The van der Waals surface area contributed by atoms with Crippen molar-refractivity contribution in [1.82, 2.24) is 14.5 Å². The van der Waals surface area contributed by atoms with Gasteiger partial charge in [0.2, 0.25) is 5.91 Å². The summed E-state index contributed by atoms with van der Waals surface area (Å²) in [4.78, 5) is 44.5. The second-order valence-electron chi connectivity index (χ2n) is 8.81. The molecule has 2 rings (SSSR count). The van der Waals surface area contributed by atoms with Gasteiger partial charge in [-0.2, -0.15) is 0 Å². The summed E-state index contributed by atoms with van der Waals surface area (Å²) in [6.45, 7) is 10.4. The summed E-state index contributed by atoms with van der Waals surface area (Å²) >= 11 is 0. The number of H-pyrrole nitrogens is 1. The van der Waals surface area contributed by atoms with E-state index >= 15 is 0 Å². The van der Waals surface area contributed by atoms with Gasteiger partial charge in [0.25, 0.3) is 5.56 Å². The highest BCUT2D eigenvalue weighted by Crippen LogP contribution is 2.28. The monoisotopic (exact) mass is 421 g/mol. The summed E-state index contributed by atoms with van der Waals surface area (Å²) in [5.41, 5.74) is 5.30. The first-order valence-electron chi connectivity index (χ1n) is 11.5. The van der Waals surface area contributed by atoms with Crippen LogP contribution in [0.25, 0.3) is 0 Å². The number of carbonyl (C=O) groups is 1. The van der Waals surface area contributed by atoms with Crippen LogP contribution in [0.15, 0.2) is 9.59 Å². The van der Waals surface area contributed by atoms with Crippen molar-refractivity contribution in [3.63, 3.8) is 0 Å². The quantitative estimate of drug-likeness (QED) is 0.476. The van der Waals surface area contributed by atoms with Crippen LogP contribution in [0.1, 0.15) is 72.6 Å². The molecule has 1 aromatic heterocycles.